The molecule has 28 heavy (non-hydrogen) atoms. The van der Waals surface area contributed by atoms with Crippen LogP contribution in [0.3, 0.4) is 0 Å². The molecule has 1 N–H and O–H groups in total. The van der Waals surface area contributed by atoms with Gasteiger partial charge in [-0.25, -0.2) is 0 Å². The molecule has 1 saturated heterocycles. The maximum Gasteiger partial charge on any atom is 0.286 e. The van der Waals surface area contributed by atoms with E-state index in [1.807, 2.05) is 24.3 Å². The van der Waals surface area contributed by atoms with Gasteiger partial charge in [0.25, 0.3) is 5.24 Å². The zero-order valence-corrected chi connectivity index (χ0v) is 16.6. The molecule has 0 radical (unpaired) electrons. The van der Waals surface area contributed by atoms with Gasteiger partial charge in [-0.1, -0.05) is 23.9 Å². The van der Waals surface area contributed by atoms with E-state index in [0.29, 0.717) is 18.4 Å². The number of hydrogen-bond donors (Lipinski definition) is 1. The molecule has 0 bridgehead atoms. The minimum absolute atomic E-state index is 0.127. The van der Waals surface area contributed by atoms with E-state index in [1.165, 1.54) is 0 Å². The Hall–Kier alpha value is -2.15. The average molecular weight is 403 g/mol. The Bertz CT molecular complexity index is 730. The molecule has 0 aromatic rings. The van der Waals surface area contributed by atoms with Crippen molar-refractivity contribution in [1.82, 2.24) is 10.2 Å². The van der Waals surface area contributed by atoms with Gasteiger partial charge < -0.3 is 14.4 Å². The van der Waals surface area contributed by atoms with Crippen LogP contribution < -0.4 is 5.32 Å². The van der Waals surface area contributed by atoms with Gasteiger partial charge in [-0.15, -0.1) is 0 Å². The molecule has 2 fully saturated rings. The van der Waals surface area contributed by atoms with E-state index in [9.17, 15) is 9.59 Å². The molecule has 4 aliphatic rings. The van der Waals surface area contributed by atoms with Crippen LogP contribution in [0.1, 0.15) is 25.7 Å². The van der Waals surface area contributed by atoms with Gasteiger partial charge in [0.1, 0.15) is 18.5 Å². The number of nitrogens with zero attached hydrogens (tertiary/aromatic N) is 1. The van der Waals surface area contributed by atoms with Crippen LogP contribution in [0.2, 0.25) is 0 Å². The van der Waals surface area contributed by atoms with Gasteiger partial charge >= 0.3 is 0 Å². The third-order valence-electron chi connectivity index (χ3n) is 5.62. The summed E-state index contributed by atoms with van der Waals surface area (Å²) in [5.41, 5.74) is 0. The molecule has 2 amide bonds. The normalized spacial score (nSPS) is 35.9. The van der Waals surface area contributed by atoms with Crippen LogP contribution in [0.5, 0.6) is 0 Å². The standard InChI is InChI=1S/C21H26N2O4S/c24-20-19(28-21(25)22-20)12-15-5-6-18-16(11-15)13-17(27-18)14-23-7-3-1-2-4-9-26-10-8-23/h1-4,7,9,13,15-16,18-19H,5-6,8,10-12,14H2,(H,22,24,25)/b2-1-,7-3+,9-4+. The van der Waals surface area contributed by atoms with Crippen LogP contribution >= 0.6 is 11.8 Å². The Labute approximate surface area is 169 Å². The van der Waals surface area contributed by atoms with Crippen LogP contribution in [0.25, 0.3) is 0 Å². The van der Waals surface area contributed by atoms with E-state index in [0.717, 1.165) is 56.3 Å². The molecule has 4 unspecified atom stereocenters. The molecule has 6 nitrogen and oxygen atoms in total. The number of rotatable bonds is 4. The van der Waals surface area contributed by atoms with E-state index in [4.69, 9.17) is 9.47 Å². The second-order valence-electron chi connectivity index (χ2n) is 7.65. The lowest BCUT2D eigenvalue weighted by Crippen LogP contribution is -2.31. The van der Waals surface area contributed by atoms with Crippen LogP contribution in [0.4, 0.5) is 4.79 Å². The lowest BCUT2D eigenvalue weighted by Gasteiger charge is -2.31. The van der Waals surface area contributed by atoms with E-state index >= 15 is 0 Å². The Balaban J connectivity index is 1.32. The molecule has 150 valence electrons. The minimum atomic E-state index is -0.221. The van der Waals surface area contributed by atoms with Crippen molar-refractivity contribution < 1.29 is 19.1 Å². The molecule has 4 rings (SSSR count). The number of carbonyl (C=O) groups excluding carboxylic acids is 2. The van der Waals surface area contributed by atoms with E-state index in [1.54, 1.807) is 6.26 Å². The fourth-order valence-corrected chi connectivity index (χ4v) is 5.22. The number of nitrogens with one attached hydrogen (secondary N) is 1. The Morgan fingerprint density at radius 2 is 2.07 bits per heavy atom. The third-order valence-corrected chi connectivity index (χ3v) is 6.63. The first-order valence-corrected chi connectivity index (χ1v) is 10.8. The van der Waals surface area contributed by atoms with E-state index < -0.39 is 0 Å². The second-order valence-corrected chi connectivity index (χ2v) is 8.82. The fourth-order valence-electron chi connectivity index (χ4n) is 4.26. The monoisotopic (exact) mass is 402 g/mol. The van der Waals surface area contributed by atoms with Crippen LogP contribution in [0, 0.1) is 11.8 Å². The molecular formula is C21H26N2O4S. The minimum Gasteiger partial charge on any atom is -0.499 e. The molecule has 3 aliphatic heterocycles. The lowest BCUT2D eigenvalue weighted by molar-refractivity contribution is -0.119. The van der Waals surface area contributed by atoms with Crippen molar-refractivity contribution in [1.29, 1.82) is 0 Å². The maximum absolute atomic E-state index is 11.8. The van der Waals surface area contributed by atoms with Crippen molar-refractivity contribution in [2.24, 2.45) is 11.8 Å². The number of carbonyl (C=O) groups is 2. The van der Waals surface area contributed by atoms with Gasteiger partial charge in [0, 0.05) is 5.92 Å². The summed E-state index contributed by atoms with van der Waals surface area (Å²) in [6, 6.07) is 0. The molecule has 1 saturated carbocycles. The summed E-state index contributed by atoms with van der Waals surface area (Å²) in [6.07, 6.45) is 18.0. The fraction of sp³-hybridized carbons (Fsp3) is 0.524. The van der Waals surface area contributed by atoms with Gasteiger partial charge in [0.05, 0.1) is 24.6 Å². The smallest absolute Gasteiger partial charge is 0.286 e. The van der Waals surface area contributed by atoms with Crippen molar-refractivity contribution in [2.45, 2.75) is 37.0 Å². The summed E-state index contributed by atoms with van der Waals surface area (Å²) in [5, 5.41) is 1.96. The van der Waals surface area contributed by atoms with Crippen molar-refractivity contribution in [3.63, 3.8) is 0 Å². The summed E-state index contributed by atoms with van der Waals surface area (Å²) >= 11 is 1.14. The SMILES string of the molecule is O=C1NC(=O)C(CC2CCC3OC(CN4/C=C/C=C\C=C\OCC4)=CC3C2)S1. The second kappa shape index (κ2) is 8.90. The molecule has 4 atom stereocenters. The predicted molar refractivity (Wildman–Crippen MR) is 108 cm³/mol. The summed E-state index contributed by atoms with van der Waals surface area (Å²) in [5.74, 6) is 1.77. The quantitative estimate of drug-likeness (QED) is 0.778. The lowest BCUT2D eigenvalue weighted by atomic mass is 9.78. The van der Waals surface area contributed by atoms with Crippen molar-refractivity contribution in [2.75, 3.05) is 19.7 Å². The number of hydrogen-bond acceptors (Lipinski definition) is 6. The summed E-state index contributed by atoms with van der Waals surface area (Å²) in [6.45, 7) is 2.18. The first-order valence-electron chi connectivity index (χ1n) is 9.92. The Morgan fingerprint density at radius 3 is 2.93 bits per heavy atom. The highest BCUT2D eigenvalue weighted by atomic mass is 32.2. The number of imide groups is 1. The predicted octanol–water partition coefficient (Wildman–Crippen LogP) is 3.34. The Morgan fingerprint density at radius 1 is 1.18 bits per heavy atom. The molecule has 0 aromatic carbocycles. The van der Waals surface area contributed by atoms with Crippen molar-refractivity contribution in [3.8, 4) is 0 Å². The first kappa shape index (κ1) is 19.2. The highest BCUT2D eigenvalue weighted by molar-refractivity contribution is 8.15. The zero-order chi connectivity index (χ0) is 19.3. The van der Waals surface area contributed by atoms with E-state index in [2.05, 4.69) is 22.5 Å². The number of thioether (sulfide) groups is 1. The highest BCUT2D eigenvalue weighted by Gasteiger charge is 2.39. The van der Waals surface area contributed by atoms with Crippen LogP contribution in [-0.4, -0.2) is 47.1 Å². The van der Waals surface area contributed by atoms with E-state index in [-0.39, 0.29) is 22.5 Å². The highest BCUT2D eigenvalue weighted by Crippen LogP contribution is 2.41. The maximum atomic E-state index is 11.8. The summed E-state index contributed by atoms with van der Waals surface area (Å²) in [7, 11) is 0. The number of allylic oxidation sites excluding steroid dienone is 4. The number of fused-ring (bicyclic) bond motifs is 1. The number of ether oxygens (including phenoxy) is 2. The van der Waals surface area contributed by atoms with Gasteiger partial charge in [-0.2, -0.15) is 0 Å². The van der Waals surface area contributed by atoms with Gasteiger partial charge in [-0.3, -0.25) is 14.9 Å². The molecule has 1 aliphatic carbocycles. The topological polar surface area (TPSA) is 67.9 Å². The molecule has 0 aromatic heterocycles. The number of amides is 2. The largest absolute Gasteiger partial charge is 0.499 e. The van der Waals surface area contributed by atoms with Crippen LogP contribution in [-0.2, 0) is 14.3 Å². The van der Waals surface area contributed by atoms with Gasteiger partial charge in [0.2, 0.25) is 5.91 Å². The average Bonchev–Trinajstić information content (AvgIpc) is 3.22. The summed E-state index contributed by atoms with van der Waals surface area (Å²) in [4.78, 5) is 25.4. The molecular weight excluding hydrogens is 376 g/mol. The Kier molecular flexibility index (Phi) is 6.10. The van der Waals surface area contributed by atoms with Gasteiger partial charge in [-0.05, 0) is 56.0 Å². The summed E-state index contributed by atoms with van der Waals surface area (Å²) < 4.78 is 11.7. The molecule has 7 heteroatoms. The van der Waals surface area contributed by atoms with Crippen LogP contribution in [0.15, 0.2) is 48.6 Å². The molecule has 3 heterocycles. The van der Waals surface area contributed by atoms with Crippen molar-refractivity contribution >= 4 is 22.9 Å². The zero-order valence-electron chi connectivity index (χ0n) is 15.8. The van der Waals surface area contributed by atoms with Crippen molar-refractivity contribution in [3.05, 3.63) is 48.6 Å². The van der Waals surface area contributed by atoms with Gasteiger partial charge in [0.15, 0.2) is 0 Å². The third kappa shape index (κ3) is 4.82. The first-order chi connectivity index (χ1) is 13.7. The molecule has 0 spiro atoms.